The molecule has 0 bridgehead atoms. The standard InChI is InChI=1S/C24H30N2O2/c1-19(27)23(17-21-10-6-3-7-11-21)25-24(28)18-26-14-12-22(13-15-26)16-20-8-4-2-5-9-20/h2-11,22-23H,12-18H2,1H3,(H,25,28)/p+1/t23-/m0/s1. The molecule has 1 amide bonds. The number of nitrogens with one attached hydrogen (secondary N) is 2. The van der Waals surface area contributed by atoms with E-state index in [0.29, 0.717) is 18.9 Å². The molecule has 1 aliphatic heterocycles. The number of Topliss-reactive ketones (excluding diaryl/α,β-unsaturated/α-hetero) is 1. The lowest BCUT2D eigenvalue weighted by atomic mass is 9.90. The van der Waals surface area contributed by atoms with Crippen molar-refractivity contribution in [2.45, 2.75) is 38.6 Å². The third-order valence-corrected chi connectivity index (χ3v) is 5.70. The minimum atomic E-state index is -0.440. The van der Waals surface area contributed by atoms with Crippen LogP contribution in [0, 0.1) is 5.92 Å². The molecular weight excluding hydrogens is 348 g/mol. The lowest BCUT2D eigenvalue weighted by molar-refractivity contribution is -0.898. The first-order valence-corrected chi connectivity index (χ1v) is 10.3. The Morgan fingerprint density at radius 1 is 0.964 bits per heavy atom. The van der Waals surface area contributed by atoms with Crippen LogP contribution in [-0.4, -0.2) is 37.4 Å². The first-order valence-electron chi connectivity index (χ1n) is 10.3. The second-order valence-electron chi connectivity index (χ2n) is 7.98. The van der Waals surface area contributed by atoms with Crippen LogP contribution in [0.2, 0.25) is 0 Å². The average Bonchev–Trinajstić information content (AvgIpc) is 2.70. The van der Waals surface area contributed by atoms with Crippen molar-refractivity contribution in [3.63, 3.8) is 0 Å². The molecule has 2 N–H and O–H groups in total. The average molecular weight is 380 g/mol. The molecule has 1 saturated heterocycles. The van der Waals surface area contributed by atoms with Crippen LogP contribution in [0.5, 0.6) is 0 Å². The van der Waals surface area contributed by atoms with Crippen LogP contribution >= 0.6 is 0 Å². The predicted molar refractivity (Wildman–Crippen MR) is 111 cm³/mol. The highest BCUT2D eigenvalue weighted by atomic mass is 16.2. The number of likely N-dealkylation sites (tertiary alicyclic amines) is 1. The van der Waals surface area contributed by atoms with Crippen LogP contribution in [0.1, 0.15) is 30.9 Å². The van der Waals surface area contributed by atoms with E-state index in [1.54, 1.807) is 6.92 Å². The first-order chi connectivity index (χ1) is 13.6. The van der Waals surface area contributed by atoms with Gasteiger partial charge in [0.1, 0.15) is 0 Å². The lowest BCUT2D eigenvalue weighted by Crippen LogP contribution is -3.14. The van der Waals surface area contributed by atoms with Gasteiger partial charge in [-0.3, -0.25) is 9.59 Å². The smallest absolute Gasteiger partial charge is 0.275 e. The molecule has 1 atom stereocenters. The second-order valence-corrected chi connectivity index (χ2v) is 7.98. The molecule has 0 unspecified atom stereocenters. The van der Waals surface area contributed by atoms with Crippen molar-refractivity contribution in [1.29, 1.82) is 0 Å². The van der Waals surface area contributed by atoms with Crippen molar-refractivity contribution < 1.29 is 14.5 Å². The van der Waals surface area contributed by atoms with Gasteiger partial charge in [-0.15, -0.1) is 0 Å². The zero-order valence-corrected chi connectivity index (χ0v) is 16.7. The van der Waals surface area contributed by atoms with Gasteiger partial charge in [0.2, 0.25) is 0 Å². The zero-order valence-electron chi connectivity index (χ0n) is 16.7. The fraction of sp³-hybridized carbons (Fsp3) is 0.417. The summed E-state index contributed by atoms with van der Waals surface area (Å²) in [5, 5.41) is 2.95. The Morgan fingerprint density at radius 2 is 1.54 bits per heavy atom. The molecule has 4 heteroatoms. The number of benzene rings is 2. The number of amides is 1. The van der Waals surface area contributed by atoms with Crippen LogP contribution in [0.3, 0.4) is 0 Å². The Bertz CT molecular complexity index is 753. The molecule has 0 spiro atoms. The number of carbonyl (C=O) groups excluding carboxylic acids is 2. The minimum absolute atomic E-state index is 0.00812. The lowest BCUT2D eigenvalue weighted by Gasteiger charge is -2.29. The molecule has 1 aliphatic rings. The van der Waals surface area contributed by atoms with E-state index < -0.39 is 6.04 Å². The molecule has 3 rings (SSSR count). The largest absolute Gasteiger partial charge is 0.341 e. The van der Waals surface area contributed by atoms with Gasteiger partial charge in [-0.25, -0.2) is 0 Å². The number of piperidine rings is 1. The Labute approximate surface area is 167 Å². The van der Waals surface area contributed by atoms with Gasteiger partial charge < -0.3 is 10.2 Å². The molecule has 28 heavy (non-hydrogen) atoms. The molecule has 148 valence electrons. The third kappa shape index (κ3) is 6.31. The molecule has 0 radical (unpaired) electrons. The zero-order chi connectivity index (χ0) is 19.8. The molecule has 4 nitrogen and oxygen atoms in total. The molecular formula is C24H31N2O2+. The van der Waals surface area contributed by atoms with Gasteiger partial charge in [-0.2, -0.15) is 0 Å². The molecule has 0 aliphatic carbocycles. The Hall–Kier alpha value is -2.46. The third-order valence-electron chi connectivity index (χ3n) is 5.70. The highest BCUT2D eigenvalue weighted by molar-refractivity contribution is 5.88. The summed E-state index contributed by atoms with van der Waals surface area (Å²) in [6.07, 6.45) is 3.98. The summed E-state index contributed by atoms with van der Waals surface area (Å²) in [6, 6.07) is 20.1. The molecule has 2 aromatic rings. The summed E-state index contributed by atoms with van der Waals surface area (Å²) in [7, 11) is 0. The topological polar surface area (TPSA) is 50.6 Å². The van der Waals surface area contributed by atoms with E-state index in [9.17, 15) is 9.59 Å². The Kier molecular flexibility index (Phi) is 7.38. The summed E-state index contributed by atoms with van der Waals surface area (Å²) in [4.78, 5) is 25.8. The van der Waals surface area contributed by atoms with Crippen molar-refractivity contribution in [2.75, 3.05) is 19.6 Å². The van der Waals surface area contributed by atoms with E-state index in [1.165, 1.54) is 10.5 Å². The SMILES string of the molecule is CC(=O)[C@H](Cc1ccccc1)NC(=O)C[NH+]1CCC(Cc2ccccc2)CC1. The van der Waals surface area contributed by atoms with Gasteiger partial charge in [-0.1, -0.05) is 60.7 Å². The number of rotatable bonds is 8. The van der Waals surface area contributed by atoms with Crippen molar-refractivity contribution in [3.8, 4) is 0 Å². The maximum absolute atomic E-state index is 12.5. The Balaban J connectivity index is 1.43. The minimum Gasteiger partial charge on any atom is -0.341 e. The second kappa shape index (κ2) is 10.2. The highest BCUT2D eigenvalue weighted by Gasteiger charge is 2.25. The number of carbonyl (C=O) groups is 2. The fourth-order valence-corrected chi connectivity index (χ4v) is 4.03. The van der Waals surface area contributed by atoms with Crippen LogP contribution in [0.25, 0.3) is 0 Å². The predicted octanol–water partition coefficient (Wildman–Crippen LogP) is 1.84. The van der Waals surface area contributed by atoms with Crippen LogP contribution in [0.4, 0.5) is 0 Å². The fourth-order valence-electron chi connectivity index (χ4n) is 4.03. The molecule has 0 saturated carbocycles. The van der Waals surface area contributed by atoms with Gasteiger partial charge >= 0.3 is 0 Å². The maximum atomic E-state index is 12.5. The van der Waals surface area contributed by atoms with E-state index >= 15 is 0 Å². The van der Waals surface area contributed by atoms with Gasteiger partial charge in [0, 0.05) is 0 Å². The number of quaternary nitrogens is 1. The van der Waals surface area contributed by atoms with Crippen LogP contribution in [-0.2, 0) is 22.4 Å². The van der Waals surface area contributed by atoms with E-state index in [2.05, 4.69) is 35.6 Å². The highest BCUT2D eigenvalue weighted by Crippen LogP contribution is 2.16. The molecule has 2 aromatic carbocycles. The first kappa shape index (κ1) is 20.3. The van der Waals surface area contributed by atoms with Gasteiger partial charge in [-0.05, 0) is 49.7 Å². The summed E-state index contributed by atoms with van der Waals surface area (Å²) in [6.45, 7) is 4.05. The Morgan fingerprint density at radius 3 is 2.11 bits per heavy atom. The van der Waals surface area contributed by atoms with Crippen molar-refractivity contribution in [1.82, 2.24) is 5.32 Å². The van der Waals surface area contributed by atoms with E-state index in [4.69, 9.17) is 0 Å². The number of hydrogen-bond donors (Lipinski definition) is 2. The van der Waals surface area contributed by atoms with E-state index in [-0.39, 0.29) is 11.7 Å². The van der Waals surface area contributed by atoms with Crippen LogP contribution < -0.4 is 10.2 Å². The van der Waals surface area contributed by atoms with Crippen molar-refractivity contribution in [3.05, 3.63) is 71.8 Å². The van der Waals surface area contributed by atoms with Gasteiger partial charge in [0.25, 0.3) is 5.91 Å². The quantitative estimate of drug-likeness (QED) is 0.735. The molecule has 1 fully saturated rings. The van der Waals surface area contributed by atoms with E-state index in [1.807, 2.05) is 30.3 Å². The van der Waals surface area contributed by atoms with Crippen molar-refractivity contribution >= 4 is 11.7 Å². The molecule has 0 aromatic heterocycles. The maximum Gasteiger partial charge on any atom is 0.275 e. The monoisotopic (exact) mass is 379 g/mol. The van der Waals surface area contributed by atoms with Crippen molar-refractivity contribution in [2.24, 2.45) is 5.92 Å². The summed E-state index contributed by atoms with van der Waals surface area (Å²) in [5.74, 6) is 0.693. The summed E-state index contributed by atoms with van der Waals surface area (Å²) < 4.78 is 0. The van der Waals surface area contributed by atoms with Gasteiger partial charge in [0.15, 0.2) is 12.3 Å². The van der Waals surface area contributed by atoms with E-state index in [0.717, 1.165) is 37.9 Å². The van der Waals surface area contributed by atoms with Gasteiger partial charge in [0.05, 0.1) is 19.1 Å². The molecule has 1 heterocycles. The van der Waals surface area contributed by atoms with Crippen LogP contribution in [0.15, 0.2) is 60.7 Å². The summed E-state index contributed by atoms with van der Waals surface area (Å²) >= 11 is 0. The number of hydrogen-bond acceptors (Lipinski definition) is 2. The summed E-state index contributed by atoms with van der Waals surface area (Å²) in [5.41, 5.74) is 2.47. The number of ketones is 1. The normalized spacial score (nSPS) is 20.3.